The largest absolute Gasteiger partial charge is 0.465 e. The second-order valence-corrected chi connectivity index (χ2v) is 4.38. The number of aromatic amines is 1. The zero-order valence-electron chi connectivity index (χ0n) is 11.6. The fraction of sp³-hybridized carbons (Fsp3) is 0.214. The summed E-state index contributed by atoms with van der Waals surface area (Å²) in [4.78, 5) is 23.2. The molecule has 0 atom stereocenters. The van der Waals surface area contributed by atoms with Crippen molar-refractivity contribution in [2.45, 2.75) is 19.8 Å². The summed E-state index contributed by atoms with van der Waals surface area (Å²) in [5.41, 5.74) is 6.28. The molecule has 2 aromatic heterocycles. The van der Waals surface area contributed by atoms with E-state index in [0.717, 1.165) is 6.42 Å². The highest BCUT2D eigenvalue weighted by atomic mass is 16.3. The van der Waals surface area contributed by atoms with E-state index >= 15 is 0 Å². The minimum atomic E-state index is -0.695. The number of furan rings is 1. The predicted molar refractivity (Wildman–Crippen MR) is 77.5 cm³/mol. The Kier molecular flexibility index (Phi) is 4.55. The standard InChI is InChI=1S/C14H16N4O3/c1-2-4-10-12(13(14(15)20)18-17-10)16-11(19)7-6-9-5-3-8-21-9/h3,5-8H,2,4H2,1H3,(H2,15,20)(H,16,19)(H,17,18)/b7-6+. The molecule has 0 spiro atoms. The summed E-state index contributed by atoms with van der Waals surface area (Å²) in [5.74, 6) is -0.534. The quantitative estimate of drug-likeness (QED) is 0.702. The SMILES string of the molecule is CCCc1[nH]nc(C(N)=O)c1NC(=O)/C=C/c1ccco1. The van der Waals surface area contributed by atoms with Crippen LogP contribution in [0.25, 0.3) is 6.08 Å². The number of aryl methyl sites for hydroxylation is 1. The van der Waals surface area contributed by atoms with Crippen LogP contribution in [0.2, 0.25) is 0 Å². The lowest BCUT2D eigenvalue weighted by Gasteiger charge is -2.04. The molecule has 0 aliphatic heterocycles. The monoisotopic (exact) mass is 288 g/mol. The van der Waals surface area contributed by atoms with Crippen molar-refractivity contribution in [3.05, 3.63) is 41.6 Å². The van der Waals surface area contributed by atoms with E-state index in [1.165, 1.54) is 18.4 Å². The molecule has 0 radical (unpaired) electrons. The van der Waals surface area contributed by atoms with Crippen molar-refractivity contribution in [1.82, 2.24) is 10.2 Å². The Labute approximate surface area is 121 Å². The first-order valence-electron chi connectivity index (χ1n) is 6.51. The van der Waals surface area contributed by atoms with E-state index in [0.29, 0.717) is 23.6 Å². The molecule has 0 saturated heterocycles. The average molecular weight is 288 g/mol. The number of nitrogens with one attached hydrogen (secondary N) is 2. The highest BCUT2D eigenvalue weighted by molar-refractivity contribution is 6.06. The zero-order valence-corrected chi connectivity index (χ0v) is 11.6. The predicted octanol–water partition coefficient (Wildman–Crippen LogP) is 1.71. The van der Waals surface area contributed by atoms with Crippen LogP contribution in [-0.2, 0) is 11.2 Å². The number of nitrogens with two attached hydrogens (primary N) is 1. The molecule has 2 aromatic rings. The summed E-state index contributed by atoms with van der Waals surface area (Å²) in [6, 6.07) is 3.44. The Bertz CT molecular complexity index is 656. The van der Waals surface area contributed by atoms with Crippen molar-refractivity contribution in [1.29, 1.82) is 0 Å². The average Bonchev–Trinajstić information content (AvgIpc) is 3.07. The van der Waals surface area contributed by atoms with Crippen LogP contribution in [0.15, 0.2) is 28.9 Å². The Balaban J connectivity index is 2.15. The van der Waals surface area contributed by atoms with E-state index in [4.69, 9.17) is 10.2 Å². The van der Waals surface area contributed by atoms with Crippen LogP contribution < -0.4 is 11.1 Å². The van der Waals surface area contributed by atoms with Gasteiger partial charge in [-0.15, -0.1) is 0 Å². The Morgan fingerprint density at radius 3 is 2.95 bits per heavy atom. The molecule has 2 heterocycles. The fourth-order valence-electron chi connectivity index (χ4n) is 1.83. The van der Waals surface area contributed by atoms with Crippen molar-refractivity contribution in [3.8, 4) is 0 Å². The van der Waals surface area contributed by atoms with E-state index in [2.05, 4.69) is 15.5 Å². The number of hydrogen-bond donors (Lipinski definition) is 3. The molecule has 2 rings (SSSR count). The number of nitrogens with zero attached hydrogens (tertiary/aromatic N) is 1. The number of carbonyl (C=O) groups is 2. The third-order valence-electron chi connectivity index (χ3n) is 2.76. The molecule has 0 aliphatic rings. The number of carbonyl (C=O) groups excluding carboxylic acids is 2. The van der Waals surface area contributed by atoms with Gasteiger partial charge < -0.3 is 15.5 Å². The van der Waals surface area contributed by atoms with Gasteiger partial charge in [-0.1, -0.05) is 13.3 Å². The maximum atomic E-state index is 11.9. The molecule has 0 aliphatic carbocycles. The van der Waals surface area contributed by atoms with Gasteiger partial charge in [-0.25, -0.2) is 0 Å². The van der Waals surface area contributed by atoms with Crippen LogP contribution in [0.5, 0.6) is 0 Å². The fourth-order valence-corrected chi connectivity index (χ4v) is 1.83. The number of amides is 2. The minimum absolute atomic E-state index is 0.0261. The van der Waals surface area contributed by atoms with E-state index in [-0.39, 0.29) is 5.69 Å². The van der Waals surface area contributed by atoms with Crippen LogP contribution in [-0.4, -0.2) is 22.0 Å². The summed E-state index contributed by atoms with van der Waals surface area (Å²) in [5, 5.41) is 9.19. The van der Waals surface area contributed by atoms with Gasteiger partial charge in [-0.2, -0.15) is 5.10 Å². The summed E-state index contributed by atoms with van der Waals surface area (Å²) in [6.45, 7) is 1.98. The van der Waals surface area contributed by atoms with Gasteiger partial charge in [0.25, 0.3) is 5.91 Å². The van der Waals surface area contributed by atoms with Gasteiger partial charge in [0.05, 0.1) is 17.6 Å². The molecule has 2 amide bonds. The van der Waals surface area contributed by atoms with Gasteiger partial charge >= 0.3 is 0 Å². The Morgan fingerprint density at radius 1 is 1.52 bits per heavy atom. The Morgan fingerprint density at radius 2 is 2.33 bits per heavy atom. The molecule has 0 aromatic carbocycles. The molecular formula is C14H16N4O3. The molecule has 110 valence electrons. The maximum Gasteiger partial charge on any atom is 0.271 e. The van der Waals surface area contributed by atoms with Crippen molar-refractivity contribution in [3.63, 3.8) is 0 Å². The van der Waals surface area contributed by atoms with Gasteiger partial charge in [-0.3, -0.25) is 14.7 Å². The van der Waals surface area contributed by atoms with Crippen LogP contribution in [0.4, 0.5) is 5.69 Å². The Hall–Kier alpha value is -2.83. The van der Waals surface area contributed by atoms with Crippen LogP contribution in [0.1, 0.15) is 35.3 Å². The number of anilines is 1. The first kappa shape index (κ1) is 14.6. The van der Waals surface area contributed by atoms with Gasteiger partial charge in [0, 0.05) is 6.08 Å². The molecule has 0 bridgehead atoms. The van der Waals surface area contributed by atoms with E-state index in [1.807, 2.05) is 6.92 Å². The van der Waals surface area contributed by atoms with Crippen LogP contribution >= 0.6 is 0 Å². The van der Waals surface area contributed by atoms with Gasteiger partial charge in [-0.05, 0) is 24.6 Å². The van der Waals surface area contributed by atoms with E-state index in [9.17, 15) is 9.59 Å². The number of hydrogen-bond acceptors (Lipinski definition) is 4. The third kappa shape index (κ3) is 3.59. The highest BCUT2D eigenvalue weighted by Gasteiger charge is 2.18. The first-order valence-corrected chi connectivity index (χ1v) is 6.51. The highest BCUT2D eigenvalue weighted by Crippen LogP contribution is 2.19. The van der Waals surface area contributed by atoms with Gasteiger partial charge in [0.2, 0.25) is 5.91 Å². The van der Waals surface area contributed by atoms with E-state index in [1.54, 1.807) is 12.1 Å². The lowest BCUT2D eigenvalue weighted by molar-refractivity contribution is -0.111. The second kappa shape index (κ2) is 6.56. The summed E-state index contributed by atoms with van der Waals surface area (Å²) in [7, 11) is 0. The summed E-state index contributed by atoms with van der Waals surface area (Å²) >= 11 is 0. The molecular weight excluding hydrogens is 272 g/mol. The van der Waals surface area contributed by atoms with Crippen molar-refractivity contribution >= 4 is 23.6 Å². The molecule has 7 nitrogen and oxygen atoms in total. The molecule has 0 unspecified atom stereocenters. The number of H-pyrrole nitrogens is 1. The first-order chi connectivity index (χ1) is 10.1. The lowest BCUT2D eigenvalue weighted by Crippen LogP contribution is -2.17. The van der Waals surface area contributed by atoms with Crippen molar-refractivity contribution in [2.75, 3.05) is 5.32 Å². The normalized spacial score (nSPS) is 10.9. The van der Waals surface area contributed by atoms with Crippen molar-refractivity contribution < 1.29 is 14.0 Å². The van der Waals surface area contributed by atoms with Crippen LogP contribution in [0, 0.1) is 0 Å². The maximum absolute atomic E-state index is 11.9. The molecule has 21 heavy (non-hydrogen) atoms. The molecule has 7 heteroatoms. The lowest BCUT2D eigenvalue weighted by atomic mass is 10.2. The number of primary amides is 1. The van der Waals surface area contributed by atoms with E-state index < -0.39 is 11.8 Å². The number of rotatable bonds is 6. The topological polar surface area (TPSA) is 114 Å². The summed E-state index contributed by atoms with van der Waals surface area (Å²) in [6.07, 6.45) is 5.84. The molecule has 4 N–H and O–H groups in total. The van der Waals surface area contributed by atoms with Crippen LogP contribution in [0.3, 0.4) is 0 Å². The molecule has 0 saturated carbocycles. The molecule has 0 fully saturated rings. The number of aromatic nitrogens is 2. The minimum Gasteiger partial charge on any atom is -0.465 e. The van der Waals surface area contributed by atoms with Gasteiger partial charge in [0.15, 0.2) is 5.69 Å². The zero-order chi connectivity index (χ0) is 15.2. The third-order valence-corrected chi connectivity index (χ3v) is 2.76. The summed E-state index contributed by atoms with van der Waals surface area (Å²) < 4.78 is 5.08. The van der Waals surface area contributed by atoms with Crippen molar-refractivity contribution in [2.24, 2.45) is 5.73 Å². The smallest absolute Gasteiger partial charge is 0.271 e. The second-order valence-electron chi connectivity index (χ2n) is 4.38. The van der Waals surface area contributed by atoms with Gasteiger partial charge in [0.1, 0.15) is 5.76 Å².